The summed E-state index contributed by atoms with van der Waals surface area (Å²) >= 11 is 7.15. The normalized spacial score (nSPS) is 14.3. The predicted molar refractivity (Wildman–Crippen MR) is 93.0 cm³/mol. The molecule has 0 saturated heterocycles. The third-order valence-electron chi connectivity index (χ3n) is 3.04. The first kappa shape index (κ1) is 20.8. The molecule has 5 nitrogen and oxygen atoms in total. The summed E-state index contributed by atoms with van der Waals surface area (Å²) in [6, 6.07) is 2.84. The van der Waals surface area contributed by atoms with Crippen molar-refractivity contribution in [3.8, 4) is 0 Å². The predicted octanol–water partition coefficient (Wildman–Crippen LogP) is 5.29. The summed E-state index contributed by atoms with van der Waals surface area (Å²) in [5.41, 5.74) is 0.497. The van der Waals surface area contributed by atoms with Crippen molar-refractivity contribution in [1.82, 2.24) is 0 Å². The van der Waals surface area contributed by atoms with Gasteiger partial charge in [0.05, 0.1) is 4.92 Å². The molecule has 22 heavy (non-hydrogen) atoms. The SMILES string of the molecule is CC.CCC(C)/C(Cl)=C(\C(C)=N)C(O)c1ccc([N+](=O)[O-])s1. The van der Waals surface area contributed by atoms with Gasteiger partial charge in [0, 0.05) is 27.3 Å². The summed E-state index contributed by atoms with van der Waals surface area (Å²) in [4.78, 5) is 10.6. The minimum atomic E-state index is -1.10. The molecule has 0 aliphatic heterocycles. The van der Waals surface area contributed by atoms with E-state index < -0.39 is 11.0 Å². The second-order valence-electron chi connectivity index (χ2n) is 4.53. The van der Waals surface area contributed by atoms with Gasteiger partial charge < -0.3 is 10.5 Å². The standard InChI is InChI=1S/C13H17ClN2O3S.C2H6/c1-4-7(2)12(14)11(8(3)15)13(17)9-5-6-10(20-9)16(18)19;1-2/h5-7,13,15,17H,4H2,1-3H3;1-2H3/b12-11-,15-8?;. The summed E-state index contributed by atoms with van der Waals surface area (Å²) in [5.74, 6) is 0.0246. The van der Waals surface area contributed by atoms with Crippen LogP contribution in [0.1, 0.15) is 52.0 Å². The highest BCUT2D eigenvalue weighted by Gasteiger charge is 2.24. The van der Waals surface area contributed by atoms with E-state index in [1.807, 2.05) is 27.7 Å². The number of aliphatic hydroxyl groups is 1. The molecule has 124 valence electrons. The third-order valence-corrected chi connectivity index (χ3v) is 4.71. The number of thiophene rings is 1. The van der Waals surface area contributed by atoms with Gasteiger partial charge in [-0.25, -0.2) is 0 Å². The number of hydrogen-bond acceptors (Lipinski definition) is 5. The molecule has 1 aromatic heterocycles. The molecule has 2 unspecified atom stereocenters. The van der Waals surface area contributed by atoms with Crippen molar-refractivity contribution in [3.63, 3.8) is 0 Å². The van der Waals surface area contributed by atoms with E-state index in [0.717, 1.165) is 17.8 Å². The van der Waals surface area contributed by atoms with Crippen LogP contribution in [0.25, 0.3) is 0 Å². The molecule has 0 radical (unpaired) electrons. The van der Waals surface area contributed by atoms with Gasteiger partial charge in [0.2, 0.25) is 0 Å². The van der Waals surface area contributed by atoms with E-state index in [1.165, 1.54) is 12.1 Å². The van der Waals surface area contributed by atoms with Crippen LogP contribution in [0.15, 0.2) is 22.7 Å². The molecule has 1 heterocycles. The largest absolute Gasteiger partial charge is 0.383 e. The molecule has 0 saturated carbocycles. The second-order valence-corrected chi connectivity index (χ2v) is 6.03. The quantitative estimate of drug-likeness (QED) is 0.416. The highest BCUT2D eigenvalue weighted by Crippen LogP contribution is 2.36. The zero-order valence-electron chi connectivity index (χ0n) is 13.5. The Morgan fingerprint density at radius 3 is 2.41 bits per heavy atom. The molecule has 2 atom stereocenters. The van der Waals surface area contributed by atoms with Crippen molar-refractivity contribution in [2.45, 2.75) is 47.1 Å². The maximum absolute atomic E-state index is 10.7. The van der Waals surface area contributed by atoms with Crippen molar-refractivity contribution >= 4 is 33.7 Å². The van der Waals surface area contributed by atoms with E-state index in [1.54, 1.807) is 6.92 Å². The highest BCUT2D eigenvalue weighted by atomic mass is 35.5. The Balaban J connectivity index is 0.00000211. The van der Waals surface area contributed by atoms with Crippen molar-refractivity contribution in [1.29, 1.82) is 5.41 Å². The molecule has 7 heteroatoms. The van der Waals surface area contributed by atoms with Crippen molar-refractivity contribution in [2.75, 3.05) is 0 Å². The van der Waals surface area contributed by atoms with Gasteiger partial charge in [0.15, 0.2) is 0 Å². The van der Waals surface area contributed by atoms with E-state index in [2.05, 4.69) is 0 Å². The molecule has 0 aliphatic carbocycles. The fraction of sp³-hybridized carbons (Fsp3) is 0.533. The lowest BCUT2D eigenvalue weighted by Gasteiger charge is -2.18. The van der Waals surface area contributed by atoms with Gasteiger partial charge in [-0.15, -0.1) is 0 Å². The van der Waals surface area contributed by atoms with Gasteiger partial charge in [0.25, 0.3) is 0 Å². The van der Waals surface area contributed by atoms with Gasteiger partial charge in [-0.1, -0.05) is 50.6 Å². The molecule has 0 bridgehead atoms. The number of nitrogens with one attached hydrogen (secondary N) is 1. The van der Waals surface area contributed by atoms with Gasteiger partial charge in [-0.05, 0) is 25.3 Å². The zero-order valence-corrected chi connectivity index (χ0v) is 15.1. The van der Waals surface area contributed by atoms with Crippen LogP contribution in [0, 0.1) is 21.4 Å². The van der Waals surface area contributed by atoms with Crippen LogP contribution in [0.2, 0.25) is 0 Å². The van der Waals surface area contributed by atoms with E-state index >= 15 is 0 Å². The van der Waals surface area contributed by atoms with Crippen LogP contribution in [-0.4, -0.2) is 15.7 Å². The summed E-state index contributed by atoms with van der Waals surface area (Å²) in [6.07, 6.45) is -0.319. The number of aliphatic hydroxyl groups excluding tert-OH is 1. The van der Waals surface area contributed by atoms with E-state index in [0.29, 0.717) is 15.5 Å². The smallest absolute Gasteiger partial charge is 0.324 e. The lowest BCUT2D eigenvalue weighted by molar-refractivity contribution is -0.380. The second kappa shape index (κ2) is 9.71. The topological polar surface area (TPSA) is 87.2 Å². The number of rotatable bonds is 6. The first-order valence-electron chi connectivity index (χ1n) is 7.16. The fourth-order valence-electron chi connectivity index (χ4n) is 1.69. The van der Waals surface area contributed by atoms with Crippen LogP contribution in [-0.2, 0) is 0 Å². The Bertz CT molecular complexity index is 555. The van der Waals surface area contributed by atoms with E-state index in [9.17, 15) is 15.2 Å². The van der Waals surface area contributed by atoms with Crippen LogP contribution in [0.3, 0.4) is 0 Å². The molecular formula is C15H23ClN2O3S. The summed E-state index contributed by atoms with van der Waals surface area (Å²) in [7, 11) is 0. The first-order valence-corrected chi connectivity index (χ1v) is 8.36. The molecule has 0 fully saturated rings. The molecule has 1 aromatic rings. The molecule has 0 amide bonds. The fourth-order valence-corrected chi connectivity index (χ4v) is 2.91. The molecule has 0 aliphatic rings. The molecular weight excluding hydrogens is 324 g/mol. The lowest BCUT2D eigenvalue weighted by Crippen LogP contribution is -2.11. The molecule has 1 rings (SSSR count). The van der Waals surface area contributed by atoms with Crippen molar-refractivity contribution in [2.24, 2.45) is 5.92 Å². The Morgan fingerprint density at radius 2 is 2.05 bits per heavy atom. The van der Waals surface area contributed by atoms with Gasteiger partial charge in [-0.3, -0.25) is 10.1 Å². The Kier molecular flexibility index (Phi) is 9.16. The van der Waals surface area contributed by atoms with Crippen molar-refractivity contribution < 1.29 is 10.0 Å². The van der Waals surface area contributed by atoms with Crippen LogP contribution in [0.4, 0.5) is 5.00 Å². The first-order chi connectivity index (χ1) is 10.3. The number of halogens is 1. The summed E-state index contributed by atoms with van der Waals surface area (Å²) in [5, 5.41) is 29.2. The maximum Gasteiger partial charge on any atom is 0.324 e. The monoisotopic (exact) mass is 346 g/mol. The van der Waals surface area contributed by atoms with Gasteiger partial charge >= 0.3 is 5.00 Å². The van der Waals surface area contributed by atoms with Gasteiger partial charge in [-0.2, -0.15) is 0 Å². The Morgan fingerprint density at radius 1 is 1.50 bits per heavy atom. The molecule has 0 spiro atoms. The number of hydrogen-bond donors (Lipinski definition) is 2. The van der Waals surface area contributed by atoms with Gasteiger partial charge in [0.1, 0.15) is 6.10 Å². The Hall–Kier alpha value is -1.24. The maximum atomic E-state index is 10.7. The summed E-state index contributed by atoms with van der Waals surface area (Å²) in [6.45, 7) is 9.42. The van der Waals surface area contributed by atoms with E-state index in [-0.39, 0.29) is 16.6 Å². The van der Waals surface area contributed by atoms with Crippen LogP contribution in [0.5, 0.6) is 0 Å². The zero-order chi connectivity index (χ0) is 17.4. The number of nitrogens with zero attached hydrogens (tertiary/aromatic N) is 1. The van der Waals surface area contributed by atoms with E-state index in [4.69, 9.17) is 17.0 Å². The lowest BCUT2D eigenvalue weighted by atomic mass is 9.97. The summed E-state index contributed by atoms with van der Waals surface area (Å²) < 4.78 is 0. The number of nitro groups is 1. The average Bonchev–Trinajstić information content (AvgIpc) is 2.98. The van der Waals surface area contributed by atoms with Crippen molar-refractivity contribution in [3.05, 3.63) is 37.7 Å². The van der Waals surface area contributed by atoms with Crippen LogP contribution < -0.4 is 0 Å². The third kappa shape index (κ3) is 5.19. The number of allylic oxidation sites excluding steroid dienone is 1. The minimum absolute atomic E-state index is 0.0246. The molecule has 2 N–H and O–H groups in total. The highest BCUT2D eigenvalue weighted by molar-refractivity contribution is 7.15. The minimum Gasteiger partial charge on any atom is -0.383 e. The molecule has 0 aromatic carbocycles. The Labute approximate surface area is 140 Å². The van der Waals surface area contributed by atoms with Crippen LogP contribution >= 0.6 is 22.9 Å². The average molecular weight is 347 g/mol.